The van der Waals surface area contributed by atoms with E-state index in [2.05, 4.69) is 18.3 Å². The molecule has 0 saturated heterocycles. The lowest BCUT2D eigenvalue weighted by atomic mass is 9.79. The van der Waals surface area contributed by atoms with Crippen LogP contribution in [0.5, 0.6) is 0 Å². The van der Waals surface area contributed by atoms with Crippen molar-refractivity contribution in [2.75, 3.05) is 6.54 Å². The van der Waals surface area contributed by atoms with Gasteiger partial charge in [-0.3, -0.25) is 0 Å². The molecule has 1 saturated carbocycles. The van der Waals surface area contributed by atoms with E-state index in [1.807, 2.05) is 0 Å². The number of hydrogen-bond acceptors (Lipinski definition) is 1. The second-order valence-electron chi connectivity index (χ2n) is 5.92. The minimum absolute atomic E-state index is 0.707. The van der Waals surface area contributed by atoms with Crippen molar-refractivity contribution in [3.8, 4) is 0 Å². The summed E-state index contributed by atoms with van der Waals surface area (Å²) in [6.45, 7) is 3.46. The van der Waals surface area contributed by atoms with Crippen LogP contribution in [0.3, 0.4) is 0 Å². The molecule has 0 aromatic carbocycles. The molecule has 17 heavy (non-hydrogen) atoms. The molecule has 0 amide bonds. The first-order valence-electron chi connectivity index (χ1n) is 7.82. The third-order valence-electron chi connectivity index (χ3n) is 4.46. The molecule has 1 nitrogen and oxygen atoms in total. The van der Waals surface area contributed by atoms with Gasteiger partial charge in [-0.2, -0.15) is 0 Å². The third-order valence-corrected chi connectivity index (χ3v) is 4.46. The smallest absolute Gasteiger partial charge is 0.0282 e. The molecule has 1 atom stereocenters. The van der Waals surface area contributed by atoms with Gasteiger partial charge in [-0.1, -0.05) is 44.3 Å². The average molecular weight is 235 g/mol. The van der Waals surface area contributed by atoms with Gasteiger partial charge in [0.15, 0.2) is 0 Å². The number of hydrogen-bond donors (Lipinski definition) is 1. The van der Waals surface area contributed by atoms with Gasteiger partial charge in [-0.15, -0.1) is 0 Å². The van der Waals surface area contributed by atoms with E-state index in [4.69, 9.17) is 0 Å². The lowest BCUT2D eigenvalue weighted by Crippen LogP contribution is -2.35. The normalized spacial score (nSPS) is 23.7. The maximum Gasteiger partial charge on any atom is 0.0282 e. The second-order valence-corrected chi connectivity index (χ2v) is 5.92. The minimum atomic E-state index is 0.707. The quantitative estimate of drug-likeness (QED) is 0.671. The lowest BCUT2D eigenvalue weighted by Gasteiger charge is -2.31. The van der Waals surface area contributed by atoms with Crippen LogP contribution in [0.2, 0.25) is 0 Å². The Morgan fingerprint density at radius 1 is 1.24 bits per heavy atom. The summed E-state index contributed by atoms with van der Waals surface area (Å²) in [6, 6.07) is 0.707. The van der Waals surface area contributed by atoms with Gasteiger partial charge >= 0.3 is 0 Å². The zero-order valence-electron chi connectivity index (χ0n) is 11.5. The summed E-state index contributed by atoms with van der Waals surface area (Å²) in [4.78, 5) is 0. The van der Waals surface area contributed by atoms with Crippen LogP contribution >= 0.6 is 0 Å². The highest BCUT2D eigenvalue weighted by molar-refractivity contribution is 5.12. The Morgan fingerprint density at radius 2 is 2.12 bits per heavy atom. The summed E-state index contributed by atoms with van der Waals surface area (Å²) in [5, 5.41) is 3.80. The zero-order chi connectivity index (χ0) is 11.9. The molecule has 98 valence electrons. The molecule has 1 fully saturated rings. The average Bonchev–Trinajstić information content (AvgIpc) is 2.55. The summed E-state index contributed by atoms with van der Waals surface area (Å²) < 4.78 is 0. The maximum atomic E-state index is 3.80. The Morgan fingerprint density at radius 3 is 2.82 bits per heavy atom. The third kappa shape index (κ3) is 4.13. The topological polar surface area (TPSA) is 12.0 Å². The fourth-order valence-corrected chi connectivity index (χ4v) is 3.10. The van der Waals surface area contributed by atoms with Crippen LogP contribution in [0.4, 0.5) is 0 Å². The Balaban J connectivity index is 1.88. The van der Waals surface area contributed by atoms with Crippen molar-refractivity contribution in [3.05, 3.63) is 11.6 Å². The van der Waals surface area contributed by atoms with Crippen LogP contribution in [0.15, 0.2) is 11.6 Å². The number of allylic oxidation sites excluding steroid dienone is 1. The van der Waals surface area contributed by atoms with E-state index >= 15 is 0 Å². The second kappa shape index (κ2) is 7.20. The first kappa shape index (κ1) is 13.1. The van der Waals surface area contributed by atoms with E-state index in [1.54, 1.807) is 5.57 Å². The van der Waals surface area contributed by atoms with Gasteiger partial charge in [0.25, 0.3) is 0 Å². The van der Waals surface area contributed by atoms with Gasteiger partial charge in [-0.05, 0) is 51.0 Å². The van der Waals surface area contributed by atoms with Gasteiger partial charge in [0, 0.05) is 6.04 Å². The summed E-state index contributed by atoms with van der Waals surface area (Å²) >= 11 is 0. The largest absolute Gasteiger partial charge is 0.310 e. The van der Waals surface area contributed by atoms with Gasteiger partial charge in [-0.25, -0.2) is 0 Å². The van der Waals surface area contributed by atoms with Crippen LogP contribution in [0.25, 0.3) is 0 Å². The van der Waals surface area contributed by atoms with Crippen LogP contribution in [0.1, 0.15) is 71.1 Å². The van der Waals surface area contributed by atoms with E-state index in [-0.39, 0.29) is 0 Å². The molecule has 0 spiro atoms. The molecular weight excluding hydrogens is 206 g/mol. The van der Waals surface area contributed by atoms with Crippen LogP contribution in [-0.2, 0) is 0 Å². The van der Waals surface area contributed by atoms with E-state index in [0.717, 1.165) is 5.92 Å². The van der Waals surface area contributed by atoms with Crippen molar-refractivity contribution in [1.29, 1.82) is 0 Å². The van der Waals surface area contributed by atoms with Gasteiger partial charge in [0.2, 0.25) is 0 Å². The van der Waals surface area contributed by atoms with Crippen molar-refractivity contribution in [2.45, 2.75) is 77.2 Å². The summed E-state index contributed by atoms with van der Waals surface area (Å²) in [5.41, 5.74) is 1.74. The Labute approximate surface area is 107 Å². The van der Waals surface area contributed by atoms with Crippen molar-refractivity contribution >= 4 is 0 Å². The summed E-state index contributed by atoms with van der Waals surface area (Å²) in [6.07, 6.45) is 16.6. The molecule has 2 aliphatic rings. The number of rotatable bonds is 6. The van der Waals surface area contributed by atoms with Gasteiger partial charge in [0.05, 0.1) is 0 Å². The SMILES string of the molecule is CCCNC(CC1CCC1)C1=CCCCCC1. The van der Waals surface area contributed by atoms with E-state index in [9.17, 15) is 0 Å². The van der Waals surface area contributed by atoms with E-state index in [0.29, 0.717) is 6.04 Å². The van der Waals surface area contributed by atoms with Crippen molar-refractivity contribution < 1.29 is 0 Å². The summed E-state index contributed by atoms with van der Waals surface area (Å²) in [7, 11) is 0. The van der Waals surface area contributed by atoms with E-state index in [1.165, 1.54) is 70.8 Å². The van der Waals surface area contributed by atoms with Crippen LogP contribution in [0, 0.1) is 5.92 Å². The number of nitrogens with one attached hydrogen (secondary N) is 1. The van der Waals surface area contributed by atoms with Crippen LogP contribution in [-0.4, -0.2) is 12.6 Å². The Bertz CT molecular complexity index is 240. The van der Waals surface area contributed by atoms with E-state index < -0.39 is 0 Å². The first-order valence-corrected chi connectivity index (χ1v) is 7.82. The highest BCUT2D eigenvalue weighted by atomic mass is 14.9. The lowest BCUT2D eigenvalue weighted by molar-refractivity contribution is 0.269. The van der Waals surface area contributed by atoms with Gasteiger partial charge in [0.1, 0.15) is 0 Å². The first-order chi connectivity index (χ1) is 8.40. The molecule has 0 radical (unpaired) electrons. The molecule has 0 heterocycles. The highest BCUT2D eigenvalue weighted by Gasteiger charge is 2.24. The maximum absolute atomic E-state index is 3.80. The van der Waals surface area contributed by atoms with Crippen molar-refractivity contribution in [1.82, 2.24) is 5.32 Å². The molecule has 1 heteroatoms. The van der Waals surface area contributed by atoms with Crippen molar-refractivity contribution in [3.63, 3.8) is 0 Å². The van der Waals surface area contributed by atoms with Gasteiger partial charge < -0.3 is 5.32 Å². The fourth-order valence-electron chi connectivity index (χ4n) is 3.10. The molecule has 2 rings (SSSR count). The van der Waals surface area contributed by atoms with Crippen molar-refractivity contribution in [2.24, 2.45) is 5.92 Å². The zero-order valence-corrected chi connectivity index (χ0v) is 11.5. The predicted molar refractivity (Wildman–Crippen MR) is 75.2 cm³/mol. The Kier molecular flexibility index (Phi) is 5.57. The standard InChI is InChI=1S/C16H29N/c1-2-12-17-16(13-14-8-7-9-14)15-10-5-3-4-6-11-15/h10,14,16-17H,2-9,11-13H2,1H3. The molecular formula is C16H29N. The monoisotopic (exact) mass is 235 g/mol. The molecule has 0 aliphatic heterocycles. The predicted octanol–water partition coefficient (Wildman–Crippen LogP) is 4.44. The molecule has 1 N–H and O–H groups in total. The molecule has 1 unspecified atom stereocenters. The molecule has 0 bridgehead atoms. The fraction of sp³-hybridized carbons (Fsp3) is 0.875. The van der Waals surface area contributed by atoms with Crippen LogP contribution < -0.4 is 5.32 Å². The summed E-state index contributed by atoms with van der Waals surface area (Å²) in [5.74, 6) is 1.02. The Hall–Kier alpha value is -0.300. The molecule has 0 aromatic heterocycles. The highest BCUT2D eigenvalue weighted by Crippen LogP contribution is 2.33. The molecule has 2 aliphatic carbocycles. The molecule has 0 aromatic rings. The minimum Gasteiger partial charge on any atom is -0.310 e.